The Balaban J connectivity index is 1.61. The molecule has 7 heteroatoms. The van der Waals surface area contributed by atoms with Gasteiger partial charge in [-0.05, 0) is 31.2 Å². The molecule has 28 heavy (non-hydrogen) atoms. The number of benzene rings is 1. The molecule has 0 radical (unpaired) electrons. The van der Waals surface area contributed by atoms with Gasteiger partial charge in [0.2, 0.25) is 0 Å². The molecule has 1 saturated carbocycles. The molecule has 1 aromatic heterocycles. The summed E-state index contributed by atoms with van der Waals surface area (Å²) in [4.78, 5) is 36.6. The van der Waals surface area contributed by atoms with Gasteiger partial charge in [0.1, 0.15) is 0 Å². The first-order valence-corrected chi connectivity index (χ1v) is 9.83. The molecule has 1 aliphatic rings. The number of aromatic amines is 1. The molecule has 2 aromatic rings. The van der Waals surface area contributed by atoms with Crippen LogP contribution >= 0.6 is 0 Å². The Morgan fingerprint density at radius 2 is 1.96 bits per heavy atom. The van der Waals surface area contributed by atoms with Crippen LogP contribution in [-0.4, -0.2) is 34.2 Å². The number of esters is 1. The van der Waals surface area contributed by atoms with Gasteiger partial charge in [-0.15, -0.1) is 0 Å². The first-order valence-electron chi connectivity index (χ1n) is 9.83. The highest BCUT2D eigenvalue weighted by Crippen LogP contribution is 2.29. The van der Waals surface area contributed by atoms with Crippen molar-refractivity contribution in [3.8, 4) is 0 Å². The van der Waals surface area contributed by atoms with E-state index in [1.165, 1.54) is 6.42 Å². The molecular weight excluding hydrogens is 358 g/mol. The average molecular weight is 385 g/mol. The minimum absolute atomic E-state index is 0.113. The molecule has 1 aromatic carbocycles. The summed E-state index contributed by atoms with van der Waals surface area (Å²) in [5, 5.41) is 10.5. The van der Waals surface area contributed by atoms with Gasteiger partial charge in [-0.25, -0.2) is 5.10 Å². The average Bonchev–Trinajstić information content (AvgIpc) is 2.67. The van der Waals surface area contributed by atoms with Crippen molar-refractivity contribution in [3.63, 3.8) is 0 Å². The number of hydrogen-bond donors (Lipinski definition) is 2. The first-order chi connectivity index (χ1) is 13.4. The fourth-order valence-corrected chi connectivity index (χ4v) is 3.82. The van der Waals surface area contributed by atoms with Crippen LogP contribution in [0.1, 0.15) is 45.7 Å². The fraction of sp³-hybridized carbons (Fsp3) is 0.524. The summed E-state index contributed by atoms with van der Waals surface area (Å²) < 4.78 is 5.32. The largest absolute Gasteiger partial charge is 0.452 e. The molecule has 1 heterocycles. The molecule has 4 atom stereocenters. The van der Waals surface area contributed by atoms with Crippen molar-refractivity contribution in [2.45, 2.75) is 58.6 Å². The Morgan fingerprint density at radius 1 is 1.25 bits per heavy atom. The maximum absolute atomic E-state index is 12.5. The third-order valence-electron chi connectivity index (χ3n) is 5.80. The van der Waals surface area contributed by atoms with E-state index in [0.29, 0.717) is 28.3 Å². The molecule has 2 N–H and O–H groups in total. The molecule has 0 bridgehead atoms. The van der Waals surface area contributed by atoms with Crippen LogP contribution in [0.5, 0.6) is 0 Å². The molecule has 0 aliphatic heterocycles. The van der Waals surface area contributed by atoms with Crippen LogP contribution in [0.4, 0.5) is 0 Å². The number of ether oxygens (including phenoxy) is 1. The van der Waals surface area contributed by atoms with Crippen LogP contribution in [0.3, 0.4) is 0 Å². The van der Waals surface area contributed by atoms with Gasteiger partial charge in [-0.1, -0.05) is 44.9 Å². The summed E-state index contributed by atoms with van der Waals surface area (Å²) in [6.07, 6.45) is 2.22. The molecule has 7 nitrogen and oxygen atoms in total. The predicted octanol–water partition coefficient (Wildman–Crippen LogP) is 2.34. The Kier molecular flexibility index (Phi) is 6.11. The summed E-state index contributed by atoms with van der Waals surface area (Å²) in [6, 6.07) is 7.05. The highest BCUT2D eigenvalue weighted by molar-refractivity contribution is 5.88. The van der Waals surface area contributed by atoms with Crippen molar-refractivity contribution in [1.29, 1.82) is 0 Å². The fourth-order valence-electron chi connectivity index (χ4n) is 3.82. The third-order valence-corrected chi connectivity index (χ3v) is 5.80. The van der Waals surface area contributed by atoms with Crippen LogP contribution in [0.15, 0.2) is 29.1 Å². The molecule has 0 saturated heterocycles. The summed E-state index contributed by atoms with van der Waals surface area (Å²) in [6.45, 7) is 5.93. The zero-order valence-corrected chi connectivity index (χ0v) is 16.5. The zero-order chi connectivity index (χ0) is 20.3. The summed E-state index contributed by atoms with van der Waals surface area (Å²) >= 11 is 0. The lowest BCUT2D eigenvalue weighted by atomic mass is 9.78. The lowest BCUT2D eigenvalue weighted by Crippen LogP contribution is -2.47. The Hall–Kier alpha value is -2.70. The van der Waals surface area contributed by atoms with Crippen molar-refractivity contribution < 1.29 is 14.3 Å². The van der Waals surface area contributed by atoms with Gasteiger partial charge in [0.15, 0.2) is 6.10 Å². The number of aromatic nitrogens is 2. The molecule has 3 rings (SSSR count). The molecule has 1 aliphatic carbocycles. The lowest BCUT2D eigenvalue weighted by Gasteiger charge is -2.35. The Bertz CT molecular complexity index is 923. The SMILES string of the molecule is C[C@@H]1[C@H](C)CCC[C@H]1NC(=O)[C@@H](C)OC(=O)Cc1n[nH]c(=O)c2ccccc12. The lowest BCUT2D eigenvalue weighted by molar-refractivity contribution is -0.154. The van der Waals surface area contributed by atoms with E-state index in [1.807, 2.05) is 0 Å². The monoisotopic (exact) mass is 385 g/mol. The van der Waals surface area contributed by atoms with Crippen molar-refractivity contribution in [2.75, 3.05) is 0 Å². The maximum atomic E-state index is 12.5. The molecular formula is C21H27N3O4. The standard InChI is InChI=1S/C21H27N3O4/c1-12-7-6-10-17(13(12)2)22-20(26)14(3)28-19(25)11-18-15-8-4-5-9-16(15)21(27)24-23-18/h4-5,8-9,12-14,17H,6-7,10-11H2,1-3H3,(H,22,26)(H,24,27)/t12-,13-,14-,17-/m1/s1. The highest BCUT2D eigenvalue weighted by atomic mass is 16.5. The topological polar surface area (TPSA) is 101 Å². The Morgan fingerprint density at radius 3 is 2.71 bits per heavy atom. The van der Waals surface area contributed by atoms with E-state index in [9.17, 15) is 14.4 Å². The number of H-pyrrole nitrogens is 1. The van der Waals surface area contributed by atoms with E-state index in [0.717, 1.165) is 12.8 Å². The second kappa shape index (κ2) is 8.54. The van der Waals surface area contributed by atoms with E-state index in [2.05, 4.69) is 29.4 Å². The second-order valence-electron chi connectivity index (χ2n) is 7.74. The van der Waals surface area contributed by atoms with E-state index >= 15 is 0 Å². The normalized spacial score (nSPS) is 23.2. The predicted molar refractivity (Wildman–Crippen MR) is 106 cm³/mol. The quantitative estimate of drug-likeness (QED) is 0.770. The van der Waals surface area contributed by atoms with Crippen LogP contribution in [0.2, 0.25) is 0 Å². The number of rotatable bonds is 5. The number of carbonyl (C=O) groups is 2. The van der Waals surface area contributed by atoms with Gasteiger partial charge < -0.3 is 10.1 Å². The number of hydrogen-bond acceptors (Lipinski definition) is 5. The van der Waals surface area contributed by atoms with Crippen LogP contribution in [-0.2, 0) is 20.7 Å². The number of nitrogens with one attached hydrogen (secondary N) is 2. The van der Waals surface area contributed by atoms with Crippen LogP contribution in [0, 0.1) is 11.8 Å². The number of carbonyl (C=O) groups excluding carboxylic acids is 2. The van der Waals surface area contributed by atoms with Gasteiger partial charge in [0, 0.05) is 11.4 Å². The summed E-state index contributed by atoms with van der Waals surface area (Å²) in [7, 11) is 0. The van der Waals surface area contributed by atoms with E-state index in [1.54, 1.807) is 31.2 Å². The summed E-state index contributed by atoms with van der Waals surface area (Å²) in [5.41, 5.74) is 0.110. The number of amides is 1. The van der Waals surface area contributed by atoms with Crippen LogP contribution in [0.25, 0.3) is 10.8 Å². The van der Waals surface area contributed by atoms with Crippen molar-refractivity contribution in [1.82, 2.24) is 15.5 Å². The van der Waals surface area contributed by atoms with Gasteiger partial charge in [0.05, 0.1) is 17.5 Å². The molecule has 0 spiro atoms. The van der Waals surface area contributed by atoms with Crippen molar-refractivity contribution in [2.24, 2.45) is 11.8 Å². The van der Waals surface area contributed by atoms with Crippen molar-refractivity contribution >= 4 is 22.6 Å². The number of fused-ring (bicyclic) bond motifs is 1. The summed E-state index contributed by atoms with van der Waals surface area (Å²) in [5.74, 6) is 0.129. The van der Waals surface area contributed by atoms with Gasteiger partial charge >= 0.3 is 5.97 Å². The zero-order valence-electron chi connectivity index (χ0n) is 16.5. The smallest absolute Gasteiger partial charge is 0.312 e. The third kappa shape index (κ3) is 4.40. The second-order valence-corrected chi connectivity index (χ2v) is 7.74. The molecule has 150 valence electrons. The van der Waals surface area contributed by atoms with E-state index < -0.39 is 12.1 Å². The molecule has 0 unspecified atom stereocenters. The minimum Gasteiger partial charge on any atom is -0.452 e. The molecule has 1 fully saturated rings. The number of nitrogens with zero attached hydrogens (tertiary/aromatic N) is 1. The van der Waals surface area contributed by atoms with Crippen molar-refractivity contribution in [3.05, 3.63) is 40.3 Å². The van der Waals surface area contributed by atoms with Gasteiger partial charge in [-0.2, -0.15) is 5.10 Å². The van der Waals surface area contributed by atoms with Crippen LogP contribution < -0.4 is 10.9 Å². The maximum Gasteiger partial charge on any atom is 0.312 e. The molecule has 1 amide bonds. The highest BCUT2D eigenvalue weighted by Gasteiger charge is 2.30. The van der Waals surface area contributed by atoms with E-state index in [-0.39, 0.29) is 23.9 Å². The first kappa shape index (κ1) is 20.0. The Labute approximate surface area is 163 Å². The van der Waals surface area contributed by atoms with Gasteiger partial charge in [-0.3, -0.25) is 14.4 Å². The van der Waals surface area contributed by atoms with E-state index in [4.69, 9.17) is 4.74 Å². The minimum atomic E-state index is -0.883. The van der Waals surface area contributed by atoms with Gasteiger partial charge in [0.25, 0.3) is 11.5 Å².